The Hall–Kier alpha value is -1.82. The molecule has 27 heavy (non-hydrogen) atoms. The zero-order valence-electron chi connectivity index (χ0n) is 15.4. The summed E-state index contributed by atoms with van der Waals surface area (Å²) in [7, 11) is 0. The van der Waals surface area contributed by atoms with E-state index in [-0.39, 0.29) is 30.7 Å². The Morgan fingerprint density at radius 1 is 1.19 bits per heavy atom. The summed E-state index contributed by atoms with van der Waals surface area (Å²) >= 11 is 0. The molecule has 0 aliphatic carbocycles. The van der Waals surface area contributed by atoms with Gasteiger partial charge in [-0.15, -0.1) is 24.8 Å². The maximum Gasteiger partial charge on any atom is 0.224 e. The van der Waals surface area contributed by atoms with Crippen molar-refractivity contribution in [2.24, 2.45) is 11.8 Å². The lowest BCUT2D eigenvalue weighted by atomic mass is 9.84. The molecule has 2 aromatic rings. The first-order valence-electron chi connectivity index (χ1n) is 8.89. The van der Waals surface area contributed by atoms with Crippen LogP contribution < -0.4 is 15.4 Å². The highest BCUT2D eigenvalue weighted by Gasteiger charge is 2.22. The molecule has 2 heterocycles. The van der Waals surface area contributed by atoms with Crippen LogP contribution in [-0.2, 0) is 4.79 Å². The Morgan fingerprint density at radius 2 is 1.89 bits per heavy atom. The number of ether oxygens (including phenoxy) is 1. The number of pyridine rings is 1. The number of amides is 1. The lowest BCUT2D eigenvalue weighted by Crippen LogP contribution is -2.32. The van der Waals surface area contributed by atoms with Crippen LogP contribution in [0.15, 0.2) is 48.8 Å². The van der Waals surface area contributed by atoms with Gasteiger partial charge in [0.25, 0.3) is 0 Å². The van der Waals surface area contributed by atoms with Crippen molar-refractivity contribution in [3.05, 3.63) is 48.8 Å². The summed E-state index contributed by atoms with van der Waals surface area (Å²) in [6.07, 6.45) is 6.24. The molecule has 3 rings (SSSR count). The number of hydrogen-bond donors (Lipinski definition) is 2. The third-order valence-electron chi connectivity index (χ3n) is 4.70. The van der Waals surface area contributed by atoms with Crippen LogP contribution in [0, 0.1) is 11.8 Å². The van der Waals surface area contributed by atoms with E-state index in [2.05, 4.69) is 22.5 Å². The monoisotopic (exact) mass is 411 g/mol. The van der Waals surface area contributed by atoms with Gasteiger partial charge in [-0.1, -0.05) is 13.0 Å². The lowest BCUT2D eigenvalue weighted by Gasteiger charge is -2.27. The highest BCUT2D eigenvalue weighted by molar-refractivity contribution is 5.91. The quantitative estimate of drug-likeness (QED) is 0.723. The second kappa shape index (κ2) is 11.8. The van der Waals surface area contributed by atoms with Gasteiger partial charge in [-0.3, -0.25) is 9.78 Å². The van der Waals surface area contributed by atoms with Crippen LogP contribution in [0.2, 0.25) is 0 Å². The molecule has 0 bridgehead atoms. The zero-order chi connectivity index (χ0) is 17.5. The molecule has 1 aliphatic rings. The molecule has 2 N–H and O–H groups in total. The van der Waals surface area contributed by atoms with Crippen LogP contribution in [0.3, 0.4) is 0 Å². The van der Waals surface area contributed by atoms with E-state index in [0.717, 1.165) is 37.4 Å². The molecule has 0 radical (unpaired) electrons. The molecular formula is C20H27Cl2N3O2. The van der Waals surface area contributed by atoms with E-state index in [1.807, 2.05) is 24.3 Å². The summed E-state index contributed by atoms with van der Waals surface area (Å²) in [5.74, 6) is 2.51. The van der Waals surface area contributed by atoms with Crippen LogP contribution in [0.1, 0.15) is 26.2 Å². The number of nitrogens with one attached hydrogen (secondary N) is 2. The average molecular weight is 412 g/mol. The van der Waals surface area contributed by atoms with Gasteiger partial charge in [-0.2, -0.15) is 0 Å². The van der Waals surface area contributed by atoms with E-state index < -0.39 is 0 Å². The Bertz CT molecular complexity index is 695. The molecular weight excluding hydrogens is 385 g/mol. The molecule has 1 aromatic carbocycles. The van der Waals surface area contributed by atoms with Crippen LogP contribution >= 0.6 is 24.8 Å². The first kappa shape index (κ1) is 23.2. The SMILES string of the molecule is CC(CC(=O)Nc1cccc(Oc2ccncc2)c1)C1CCNCC1.Cl.Cl. The predicted molar refractivity (Wildman–Crippen MR) is 113 cm³/mol. The Kier molecular flexibility index (Phi) is 10.1. The Balaban J connectivity index is 0.00000182. The Morgan fingerprint density at radius 3 is 2.59 bits per heavy atom. The number of aromatic nitrogens is 1. The van der Waals surface area contributed by atoms with Crippen molar-refractivity contribution >= 4 is 36.4 Å². The fourth-order valence-corrected chi connectivity index (χ4v) is 3.26. The number of benzene rings is 1. The summed E-state index contributed by atoms with van der Waals surface area (Å²) < 4.78 is 5.78. The van der Waals surface area contributed by atoms with Crippen molar-refractivity contribution < 1.29 is 9.53 Å². The number of carbonyl (C=O) groups is 1. The number of piperidine rings is 1. The number of hydrogen-bond acceptors (Lipinski definition) is 4. The van der Waals surface area contributed by atoms with E-state index in [1.54, 1.807) is 24.5 Å². The van der Waals surface area contributed by atoms with E-state index in [0.29, 0.717) is 24.0 Å². The minimum atomic E-state index is 0. The van der Waals surface area contributed by atoms with E-state index in [1.165, 1.54) is 0 Å². The topological polar surface area (TPSA) is 63.2 Å². The minimum Gasteiger partial charge on any atom is -0.457 e. The highest BCUT2D eigenvalue weighted by Crippen LogP contribution is 2.26. The van der Waals surface area contributed by atoms with Crippen LogP contribution in [-0.4, -0.2) is 24.0 Å². The van der Waals surface area contributed by atoms with Gasteiger partial charge < -0.3 is 15.4 Å². The van der Waals surface area contributed by atoms with Gasteiger partial charge in [0, 0.05) is 30.6 Å². The standard InChI is InChI=1S/C20H25N3O2.2ClH/c1-15(16-5-9-21-10-6-16)13-20(24)23-17-3-2-4-19(14-17)25-18-7-11-22-12-8-18;;/h2-4,7-8,11-12,14-16,21H,5-6,9-10,13H2,1H3,(H,23,24);2*1H. The van der Waals surface area contributed by atoms with Crippen molar-refractivity contribution in [3.8, 4) is 11.5 Å². The highest BCUT2D eigenvalue weighted by atomic mass is 35.5. The second-order valence-electron chi connectivity index (χ2n) is 6.63. The predicted octanol–water partition coefficient (Wildman–Crippen LogP) is 4.68. The van der Waals surface area contributed by atoms with E-state index in [4.69, 9.17) is 4.74 Å². The summed E-state index contributed by atoms with van der Waals surface area (Å²) in [5.41, 5.74) is 0.758. The smallest absolute Gasteiger partial charge is 0.224 e. The molecule has 1 aromatic heterocycles. The maximum atomic E-state index is 12.4. The molecule has 7 heteroatoms. The van der Waals surface area contributed by atoms with Gasteiger partial charge in [-0.25, -0.2) is 0 Å². The normalized spacial score (nSPS) is 15.0. The molecule has 1 atom stereocenters. The maximum absolute atomic E-state index is 12.4. The number of rotatable bonds is 6. The van der Waals surface area contributed by atoms with Gasteiger partial charge in [0.05, 0.1) is 0 Å². The first-order chi connectivity index (χ1) is 12.2. The summed E-state index contributed by atoms with van der Waals surface area (Å²) in [6.45, 7) is 4.30. The second-order valence-corrected chi connectivity index (χ2v) is 6.63. The van der Waals surface area contributed by atoms with Crippen molar-refractivity contribution in [2.45, 2.75) is 26.2 Å². The van der Waals surface area contributed by atoms with Gasteiger partial charge >= 0.3 is 0 Å². The number of nitrogens with zero attached hydrogens (tertiary/aromatic N) is 1. The van der Waals surface area contributed by atoms with Gasteiger partial charge in [0.15, 0.2) is 0 Å². The van der Waals surface area contributed by atoms with Crippen LogP contribution in [0.4, 0.5) is 5.69 Å². The minimum absolute atomic E-state index is 0. The zero-order valence-corrected chi connectivity index (χ0v) is 17.0. The summed E-state index contributed by atoms with van der Waals surface area (Å²) in [4.78, 5) is 16.3. The average Bonchev–Trinajstić information content (AvgIpc) is 2.63. The molecule has 1 saturated heterocycles. The van der Waals surface area contributed by atoms with Crippen molar-refractivity contribution in [3.63, 3.8) is 0 Å². The molecule has 0 spiro atoms. The fourth-order valence-electron chi connectivity index (χ4n) is 3.26. The lowest BCUT2D eigenvalue weighted by molar-refractivity contribution is -0.117. The fraction of sp³-hybridized carbons (Fsp3) is 0.400. The molecule has 1 aliphatic heterocycles. The molecule has 1 amide bonds. The number of halogens is 2. The van der Waals surface area contributed by atoms with Crippen molar-refractivity contribution in [2.75, 3.05) is 18.4 Å². The molecule has 0 saturated carbocycles. The van der Waals surface area contributed by atoms with Crippen molar-refractivity contribution in [1.82, 2.24) is 10.3 Å². The van der Waals surface area contributed by atoms with Crippen LogP contribution in [0.5, 0.6) is 11.5 Å². The van der Waals surface area contributed by atoms with Crippen LogP contribution in [0.25, 0.3) is 0 Å². The largest absolute Gasteiger partial charge is 0.457 e. The summed E-state index contributed by atoms with van der Waals surface area (Å²) in [5, 5.41) is 6.36. The number of carbonyl (C=O) groups excluding carboxylic acids is 1. The first-order valence-corrected chi connectivity index (χ1v) is 8.89. The van der Waals surface area contributed by atoms with Gasteiger partial charge in [0.1, 0.15) is 11.5 Å². The molecule has 148 valence electrons. The van der Waals surface area contributed by atoms with Gasteiger partial charge in [0.2, 0.25) is 5.91 Å². The molecule has 1 fully saturated rings. The number of anilines is 1. The summed E-state index contributed by atoms with van der Waals surface area (Å²) in [6, 6.07) is 11.1. The van der Waals surface area contributed by atoms with E-state index in [9.17, 15) is 4.79 Å². The molecule has 1 unspecified atom stereocenters. The third kappa shape index (κ3) is 7.37. The third-order valence-corrected chi connectivity index (χ3v) is 4.70. The van der Waals surface area contributed by atoms with Crippen molar-refractivity contribution in [1.29, 1.82) is 0 Å². The van der Waals surface area contributed by atoms with Gasteiger partial charge in [-0.05, 0) is 62.0 Å². The Labute approximate surface area is 173 Å². The van der Waals surface area contributed by atoms with E-state index >= 15 is 0 Å². The molecule has 5 nitrogen and oxygen atoms in total.